The monoisotopic (exact) mass is 314 g/mol. The van der Waals surface area contributed by atoms with Crippen molar-refractivity contribution in [3.05, 3.63) is 33.2 Å². The number of amides is 1. The number of aromatic nitrogens is 1. The molecule has 0 aromatic carbocycles. The van der Waals surface area contributed by atoms with Crippen LogP contribution in [-0.2, 0) is 11.3 Å². The summed E-state index contributed by atoms with van der Waals surface area (Å²) >= 11 is 3.30. The van der Waals surface area contributed by atoms with Gasteiger partial charge in [-0.25, -0.2) is 0 Å². The van der Waals surface area contributed by atoms with Crippen LogP contribution in [0.2, 0.25) is 0 Å². The average molecular weight is 315 g/mol. The van der Waals surface area contributed by atoms with Gasteiger partial charge in [0.25, 0.3) is 5.56 Å². The molecular weight excluding hydrogens is 296 g/mol. The molecule has 0 saturated heterocycles. The third-order valence-electron chi connectivity index (χ3n) is 2.59. The highest BCUT2D eigenvalue weighted by molar-refractivity contribution is 9.10. The Balaban J connectivity index is 2.78. The van der Waals surface area contributed by atoms with Crippen LogP contribution in [0.15, 0.2) is 27.6 Å². The summed E-state index contributed by atoms with van der Waals surface area (Å²) < 4.78 is 2.23. The molecule has 100 valence electrons. The minimum Gasteiger partial charge on any atom is -0.341 e. The van der Waals surface area contributed by atoms with Crippen LogP contribution in [0, 0.1) is 0 Å². The molecule has 4 nitrogen and oxygen atoms in total. The normalized spacial score (nSPS) is 10.4. The molecule has 0 aliphatic carbocycles. The van der Waals surface area contributed by atoms with Gasteiger partial charge in [0, 0.05) is 29.8 Å². The number of carbonyl (C=O) groups is 1. The van der Waals surface area contributed by atoms with Crippen molar-refractivity contribution in [3.8, 4) is 0 Å². The first-order valence-corrected chi connectivity index (χ1v) is 7.01. The highest BCUT2D eigenvalue weighted by Crippen LogP contribution is 2.05. The summed E-state index contributed by atoms with van der Waals surface area (Å²) in [7, 11) is 0. The van der Waals surface area contributed by atoms with Crippen LogP contribution in [0.25, 0.3) is 0 Å². The number of hydrogen-bond acceptors (Lipinski definition) is 2. The number of halogens is 1. The summed E-state index contributed by atoms with van der Waals surface area (Å²) in [6.45, 7) is 5.69. The molecule has 1 aromatic heterocycles. The lowest BCUT2D eigenvalue weighted by Gasteiger charge is -2.21. The molecule has 0 spiro atoms. The zero-order valence-electron chi connectivity index (χ0n) is 10.9. The SMILES string of the molecule is CCCN(CCC)C(=O)Cn1cc(Br)ccc1=O. The quantitative estimate of drug-likeness (QED) is 0.808. The first-order valence-electron chi connectivity index (χ1n) is 6.22. The maximum absolute atomic E-state index is 12.1. The van der Waals surface area contributed by atoms with Crippen LogP contribution in [-0.4, -0.2) is 28.5 Å². The van der Waals surface area contributed by atoms with Gasteiger partial charge in [-0.3, -0.25) is 9.59 Å². The number of nitrogens with zero attached hydrogens (tertiary/aromatic N) is 2. The lowest BCUT2D eigenvalue weighted by atomic mass is 10.3. The largest absolute Gasteiger partial charge is 0.341 e. The van der Waals surface area contributed by atoms with Gasteiger partial charge in [-0.15, -0.1) is 0 Å². The smallest absolute Gasteiger partial charge is 0.251 e. The molecule has 1 aromatic rings. The fourth-order valence-corrected chi connectivity index (χ4v) is 2.15. The summed E-state index contributed by atoms with van der Waals surface area (Å²) in [6, 6.07) is 3.14. The number of pyridine rings is 1. The molecule has 1 heterocycles. The topological polar surface area (TPSA) is 42.3 Å². The average Bonchev–Trinajstić information content (AvgIpc) is 2.33. The van der Waals surface area contributed by atoms with Gasteiger partial charge in [0.15, 0.2) is 0 Å². The van der Waals surface area contributed by atoms with Crippen molar-refractivity contribution in [2.75, 3.05) is 13.1 Å². The minimum absolute atomic E-state index is 0.00102. The van der Waals surface area contributed by atoms with E-state index in [0.29, 0.717) is 0 Å². The van der Waals surface area contributed by atoms with Gasteiger partial charge in [-0.1, -0.05) is 13.8 Å². The van der Waals surface area contributed by atoms with Crippen molar-refractivity contribution in [1.29, 1.82) is 0 Å². The van der Waals surface area contributed by atoms with Crippen LogP contribution in [0.5, 0.6) is 0 Å². The van der Waals surface area contributed by atoms with Crippen LogP contribution < -0.4 is 5.56 Å². The molecule has 0 fully saturated rings. The summed E-state index contributed by atoms with van der Waals surface area (Å²) in [6.07, 6.45) is 3.51. The molecule has 18 heavy (non-hydrogen) atoms. The standard InChI is InChI=1S/C13H19BrN2O2/c1-3-7-15(8-4-2)13(18)10-16-9-11(14)5-6-12(16)17/h5-6,9H,3-4,7-8,10H2,1-2H3. The van der Waals surface area contributed by atoms with Crippen molar-refractivity contribution < 1.29 is 4.79 Å². The number of rotatable bonds is 6. The van der Waals surface area contributed by atoms with Gasteiger partial charge >= 0.3 is 0 Å². The van der Waals surface area contributed by atoms with E-state index in [2.05, 4.69) is 15.9 Å². The van der Waals surface area contributed by atoms with Gasteiger partial charge in [0.2, 0.25) is 5.91 Å². The van der Waals surface area contributed by atoms with E-state index < -0.39 is 0 Å². The van der Waals surface area contributed by atoms with Crippen molar-refractivity contribution >= 4 is 21.8 Å². The molecule has 0 radical (unpaired) electrons. The van der Waals surface area contributed by atoms with E-state index >= 15 is 0 Å². The highest BCUT2D eigenvalue weighted by atomic mass is 79.9. The van der Waals surface area contributed by atoms with Gasteiger partial charge < -0.3 is 9.47 Å². The zero-order chi connectivity index (χ0) is 13.5. The molecule has 0 bridgehead atoms. The van der Waals surface area contributed by atoms with Crippen molar-refractivity contribution in [2.45, 2.75) is 33.2 Å². The van der Waals surface area contributed by atoms with Gasteiger partial charge in [0.05, 0.1) is 0 Å². The Bertz CT molecular complexity index is 451. The summed E-state index contributed by atoms with van der Waals surface area (Å²) in [4.78, 5) is 25.5. The maximum Gasteiger partial charge on any atom is 0.251 e. The Morgan fingerprint density at radius 2 is 1.89 bits per heavy atom. The van der Waals surface area contributed by atoms with E-state index in [1.165, 1.54) is 10.6 Å². The second-order valence-electron chi connectivity index (χ2n) is 4.19. The van der Waals surface area contributed by atoms with E-state index in [-0.39, 0.29) is 18.0 Å². The molecule has 0 unspecified atom stereocenters. The van der Waals surface area contributed by atoms with Crippen molar-refractivity contribution in [3.63, 3.8) is 0 Å². The fourth-order valence-electron chi connectivity index (χ4n) is 1.77. The molecule has 0 atom stereocenters. The predicted octanol–water partition coefficient (Wildman–Crippen LogP) is 2.26. The van der Waals surface area contributed by atoms with E-state index in [4.69, 9.17) is 0 Å². The third-order valence-corrected chi connectivity index (χ3v) is 3.06. The lowest BCUT2D eigenvalue weighted by Crippen LogP contribution is -2.37. The lowest BCUT2D eigenvalue weighted by molar-refractivity contribution is -0.132. The van der Waals surface area contributed by atoms with Crippen molar-refractivity contribution in [1.82, 2.24) is 9.47 Å². The molecule has 1 amide bonds. The third kappa shape index (κ3) is 4.29. The summed E-state index contributed by atoms with van der Waals surface area (Å²) in [5, 5.41) is 0. The zero-order valence-corrected chi connectivity index (χ0v) is 12.4. The maximum atomic E-state index is 12.1. The Kier molecular flexibility index (Phi) is 6.12. The fraction of sp³-hybridized carbons (Fsp3) is 0.538. The number of hydrogen-bond donors (Lipinski definition) is 0. The molecule has 1 rings (SSSR count). The minimum atomic E-state index is -0.153. The van der Waals surface area contributed by atoms with Crippen LogP contribution in [0.3, 0.4) is 0 Å². The van der Waals surface area contributed by atoms with Crippen molar-refractivity contribution in [2.24, 2.45) is 0 Å². The van der Waals surface area contributed by atoms with E-state index in [1.54, 1.807) is 12.3 Å². The molecule has 5 heteroatoms. The van der Waals surface area contributed by atoms with E-state index in [0.717, 1.165) is 30.4 Å². The van der Waals surface area contributed by atoms with Gasteiger partial charge in [-0.2, -0.15) is 0 Å². The predicted molar refractivity (Wildman–Crippen MR) is 75.6 cm³/mol. The van der Waals surface area contributed by atoms with E-state index in [9.17, 15) is 9.59 Å². The van der Waals surface area contributed by atoms with Crippen LogP contribution in [0.4, 0.5) is 0 Å². The Hall–Kier alpha value is -1.10. The van der Waals surface area contributed by atoms with Crippen LogP contribution >= 0.6 is 15.9 Å². The molecular formula is C13H19BrN2O2. The first kappa shape index (κ1) is 15.0. The molecule has 0 aliphatic rings. The molecule has 0 aliphatic heterocycles. The van der Waals surface area contributed by atoms with Gasteiger partial charge in [0.1, 0.15) is 6.54 Å². The second-order valence-corrected chi connectivity index (χ2v) is 5.11. The van der Waals surface area contributed by atoms with E-state index in [1.807, 2.05) is 18.7 Å². The van der Waals surface area contributed by atoms with Gasteiger partial charge in [-0.05, 0) is 34.8 Å². The summed E-state index contributed by atoms with van der Waals surface area (Å²) in [5.74, 6) is -0.00102. The Morgan fingerprint density at radius 1 is 1.28 bits per heavy atom. The Morgan fingerprint density at radius 3 is 2.44 bits per heavy atom. The molecule has 0 N–H and O–H groups in total. The Labute approximate surface area is 116 Å². The summed E-state index contributed by atoms with van der Waals surface area (Å²) in [5.41, 5.74) is -0.153. The highest BCUT2D eigenvalue weighted by Gasteiger charge is 2.12. The molecule has 0 saturated carbocycles. The number of carbonyl (C=O) groups excluding carboxylic acids is 1. The second kappa shape index (κ2) is 7.36. The van der Waals surface area contributed by atoms with Crippen LogP contribution in [0.1, 0.15) is 26.7 Å². The first-order chi connectivity index (χ1) is 8.58.